The van der Waals surface area contributed by atoms with E-state index in [9.17, 15) is 18.0 Å². The van der Waals surface area contributed by atoms with Crippen molar-refractivity contribution in [2.75, 3.05) is 0 Å². The summed E-state index contributed by atoms with van der Waals surface area (Å²) in [6, 6.07) is 4.45. The van der Waals surface area contributed by atoms with E-state index in [1.54, 1.807) is 26.0 Å². The number of carbonyl (C=O) groups is 1. The van der Waals surface area contributed by atoms with Crippen molar-refractivity contribution in [2.24, 2.45) is 0 Å². The van der Waals surface area contributed by atoms with Gasteiger partial charge in [-0.2, -0.15) is 13.2 Å². The molecule has 18 heavy (non-hydrogen) atoms. The molecule has 1 atom stereocenters. The zero-order valence-electron chi connectivity index (χ0n) is 10.1. The number of nitrogens with one attached hydrogen (secondary N) is 1. The van der Waals surface area contributed by atoms with Crippen molar-refractivity contribution in [3.63, 3.8) is 0 Å². The zero-order chi connectivity index (χ0) is 13.8. The highest BCUT2D eigenvalue weighted by atomic mass is 19.4. The van der Waals surface area contributed by atoms with Gasteiger partial charge in [-0.1, -0.05) is 18.2 Å². The Bertz CT molecular complexity index is 452. The van der Waals surface area contributed by atoms with Crippen LogP contribution in [0, 0.1) is 0 Å². The van der Waals surface area contributed by atoms with E-state index in [2.05, 4.69) is 5.32 Å². The molecule has 0 aliphatic heterocycles. The number of halogens is 3. The van der Waals surface area contributed by atoms with Gasteiger partial charge in [0.15, 0.2) is 0 Å². The third-order valence-corrected chi connectivity index (χ3v) is 2.39. The summed E-state index contributed by atoms with van der Waals surface area (Å²) in [6.07, 6.45) is -1.48. The van der Waals surface area contributed by atoms with E-state index in [1.165, 1.54) is 12.1 Å². The second-order valence-corrected chi connectivity index (χ2v) is 3.85. The van der Waals surface area contributed by atoms with Gasteiger partial charge in [-0.15, -0.1) is 0 Å². The second-order valence-electron chi connectivity index (χ2n) is 3.85. The van der Waals surface area contributed by atoms with Crippen LogP contribution in [0.15, 0.2) is 36.4 Å². The molecule has 0 radical (unpaired) electrons. The SMILES string of the molecule is CC=CC(=O)NC(C)c1cccc(C(F)(F)F)c1. The maximum atomic E-state index is 12.5. The minimum Gasteiger partial charge on any atom is -0.346 e. The van der Waals surface area contributed by atoms with Gasteiger partial charge in [0.05, 0.1) is 11.6 Å². The summed E-state index contributed by atoms with van der Waals surface area (Å²) in [5.74, 6) is -0.331. The number of alkyl halides is 3. The molecule has 1 N–H and O–H groups in total. The number of benzene rings is 1. The third-order valence-electron chi connectivity index (χ3n) is 2.39. The Hall–Kier alpha value is -1.78. The molecule has 1 rings (SSSR count). The Morgan fingerprint density at radius 3 is 2.61 bits per heavy atom. The molecule has 1 amide bonds. The van der Waals surface area contributed by atoms with E-state index in [4.69, 9.17) is 0 Å². The average Bonchev–Trinajstić information content (AvgIpc) is 2.28. The number of rotatable bonds is 3. The smallest absolute Gasteiger partial charge is 0.346 e. The Morgan fingerprint density at radius 1 is 1.39 bits per heavy atom. The second kappa shape index (κ2) is 5.71. The standard InChI is InChI=1S/C13H14F3NO/c1-3-5-12(18)17-9(2)10-6-4-7-11(8-10)13(14,15)16/h3-9H,1-2H3,(H,17,18). The van der Waals surface area contributed by atoms with Crippen LogP contribution in [-0.2, 0) is 11.0 Å². The van der Waals surface area contributed by atoms with Crippen molar-refractivity contribution in [2.45, 2.75) is 26.1 Å². The molecule has 0 spiro atoms. The Morgan fingerprint density at radius 2 is 2.06 bits per heavy atom. The normalized spacial score (nSPS) is 13.6. The molecule has 0 bridgehead atoms. The minimum atomic E-state index is -4.37. The first-order chi connectivity index (χ1) is 8.34. The van der Waals surface area contributed by atoms with Crippen LogP contribution in [0.5, 0.6) is 0 Å². The molecule has 1 aromatic rings. The van der Waals surface area contributed by atoms with Gasteiger partial charge in [0.1, 0.15) is 0 Å². The monoisotopic (exact) mass is 257 g/mol. The van der Waals surface area contributed by atoms with Crippen LogP contribution in [0.25, 0.3) is 0 Å². The van der Waals surface area contributed by atoms with Crippen molar-refractivity contribution in [3.05, 3.63) is 47.5 Å². The molecule has 0 saturated heterocycles. The molecule has 2 nitrogen and oxygen atoms in total. The van der Waals surface area contributed by atoms with E-state index in [0.717, 1.165) is 12.1 Å². The molecule has 98 valence electrons. The Kier molecular flexibility index (Phi) is 4.53. The largest absolute Gasteiger partial charge is 0.416 e. The van der Waals surface area contributed by atoms with Crippen molar-refractivity contribution in [1.29, 1.82) is 0 Å². The molecule has 0 aliphatic carbocycles. The van der Waals surface area contributed by atoms with Gasteiger partial charge in [0.25, 0.3) is 0 Å². The highest BCUT2D eigenvalue weighted by molar-refractivity contribution is 5.87. The Balaban J connectivity index is 2.87. The van der Waals surface area contributed by atoms with Crippen molar-refractivity contribution in [3.8, 4) is 0 Å². The van der Waals surface area contributed by atoms with Crippen molar-refractivity contribution >= 4 is 5.91 Å². The van der Waals surface area contributed by atoms with Gasteiger partial charge in [-0.25, -0.2) is 0 Å². The molecule has 1 unspecified atom stereocenters. The lowest BCUT2D eigenvalue weighted by atomic mass is 10.0. The molecule has 0 saturated carbocycles. The zero-order valence-corrected chi connectivity index (χ0v) is 10.1. The first-order valence-corrected chi connectivity index (χ1v) is 5.45. The molecular weight excluding hydrogens is 243 g/mol. The van der Waals surface area contributed by atoms with Gasteiger partial charge in [-0.3, -0.25) is 4.79 Å². The van der Waals surface area contributed by atoms with Crippen LogP contribution >= 0.6 is 0 Å². The van der Waals surface area contributed by atoms with E-state index < -0.39 is 17.8 Å². The van der Waals surface area contributed by atoms with E-state index in [1.807, 2.05) is 0 Å². The van der Waals surface area contributed by atoms with Crippen LogP contribution < -0.4 is 5.32 Å². The fraction of sp³-hybridized carbons (Fsp3) is 0.308. The summed E-state index contributed by atoms with van der Waals surface area (Å²) in [5, 5.41) is 2.58. The van der Waals surface area contributed by atoms with Gasteiger partial charge in [0, 0.05) is 0 Å². The van der Waals surface area contributed by atoms with E-state index in [0.29, 0.717) is 5.56 Å². The third kappa shape index (κ3) is 3.91. The summed E-state index contributed by atoms with van der Waals surface area (Å²) in [4.78, 5) is 11.3. The first kappa shape index (κ1) is 14.3. The fourth-order valence-corrected chi connectivity index (χ4v) is 1.48. The van der Waals surface area contributed by atoms with Crippen LogP contribution in [-0.4, -0.2) is 5.91 Å². The minimum absolute atomic E-state index is 0.331. The van der Waals surface area contributed by atoms with Crippen molar-refractivity contribution in [1.82, 2.24) is 5.32 Å². The van der Waals surface area contributed by atoms with Crippen LogP contribution in [0.2, 0.25) is 0 Å². The molecular formula is C13H14F3NO. The average molecular weight is 257 g/mol. The molecule has 0 heterocycles. The van der Waals surface area contributed by atoms with Gasteiger partial charge in [0.2, 0.25) is 5.91 Å². The highest BCUT2D eigenvalue weighted by Crippen LogP contribution is 2.30. The number of amides is 1. The van der Waals surface area contributed by atoms with Gasteiger partial charge >= 0.3 is 6.18 Å². The van der Waals surface area contributed by atoms with Gasteiger partial charge < -0.3 is 5.32 Å². The quantitative estimate of drug-likeness (QED) is 0.825. The summed E-state index contributed by atoms with van der Waals surface area (Å²) < 4.78 is 37.5. The summed E-state index contributed by atoms with van der Waals surface area (Å²) in [5.41, 5.74) is -0.296. The highest BCUT2D eigenvalue weighted by Gasteiger charge is 2.30. The summed E-state index contributed by atoms with van der Waals surface area (Å²) >= 11 is 0. The molecule has 0 aromatic heterocycles. The first-order valence-electron chi connectivity index (χ1n) is 5.45. The topological polar surface area (TPSA) is 29.1 Å². The van der Waals surface area contributed by atoms with Crippen LogP contribution in [0.3, 0.4) is 0 Å². The van der Waals surface area contributed by atoms with Crippen LogP contribution in [0.4, 0.5) is 13.2 Å². The molecule has 5 heteroatoms. The predicted octanol–water partition coefficient (Wildman–Crippen LogP) is 3.46. The fourth-order valence-electron chi connectivity index (χ4n) is 1.48. The predicted molar refractivity (Wildman–Crippen MR) is 62.8 cm³/mol. The molecule has 0 aliphatic rings. The van der Waals surface area contributed by atoms with Crippen LogP contribution in [0.1, 0.15) is 31.0 Å². The maximum absolute atomic E-state index is 12.5. The van der Waals surface area contributed by atoms with Crippen molar-refractivity contribution < 1.29 is 18.0 Å². The number of carbonyl (C=O) groups excluding carboxylic acids is 1. The lowest BCUT2D eigenvalue weighted by Gasteiger charge is -2.15. The summed E-state index contributed by atoms with van der Waals surface area (Å²) in [6.45, 7) is 3.32. The molecule has 0 fully saturated rings. The van der Waals surface area contributed by atoms with E-state index in [-0.39, 0.29) is 5.91 Å². The number of hydrogen-bond donors (Lipinski definition) is 1. The lowest BCUT2D eigenvalue weighted by molar-refractivity contribution is -0.137. The number of allylic oxidation sites excluding steroid dienone is 1. The Labute approximate surface area is 104 Å². The lowest BCUT2D eigenvalue weighted by Crippen LogP contribution is -2.24. The summed E-state index contributed by atoms with van der Waals surface area (Å²) in [7, 11) is 0. The van der Waals surface area contributed by atoms with E-state index >= 15 is 0 Å². The molecule has 1 aromatic carbocycles. The van der Waals surface area contributed by atoms with Gasteiger partial charge in [-0.05, 0) is 37.6 Å². The number of hydrogen-bond acceptors (Lipinski definition) is 1. The maximum Gasteiger partial charge on any atom is 0.416 e.